The van der Waals surface area contributed by atoms with Crippen LogP contribution in [0.2, 0.25) is 0 Å². The molecule has 0 aromatic carbocycles. The van der Waals surface area contributed by atoms with Gasteiger partial charge in [0.05, 0.1) is 6.61 Å². The second-order valence-electron chi connectivity index (χ2n) is 5.61. The van der Waals surface area contributed by atoms with Gasteiger partial charge in [-0.25, -0.2) is 9.59 Å². The Balaban J connectivity index is 1.57. The molecule has 0 spiro atoms. The lowest BCUT2D eigenvalue weighted by molar-refractivity contribution is 0.0514. The van der Waals surface area contributed by atoms with Crippen molar-refractivity contribution >= 4 is 12.1 Å². The van der Waals surface area contributed by atoms with Gasteiger partial charge in [0.2, 0.25) is 0 Å². The Kier molecular flexibility index (Phi) is 8.99. The van der Waals surface area contributed by atoms with E-state index >= 15 is 0 Å². The van der Waals surface area contributed by atoms with Gasteiger partial charge in [0, 0.05) is 25.0 Å². The van der Waals surface area contributed by atoms with Crippen LogP contribution in [-0.4, -0.2) is 35.4 Å². The van der Waals surface area contributed by atoms with Gasteiger partial charge >= 0.3 is 12.1 Å². The Bertz CT molecular complexity index is 799. The molecule has 0 atom stereocenters. The van der Waals surface area contributed by atoms with Crippen molar-refractivity contribution < 1.29 is 23.6 Å². The third kappa shape index (κ3) is 7.86. The molecule has 148 valence electrons. The maximum Gasteiger partial charge on any atom is 0.407 e. The van der Waals surface area contributed by atoms with E-state index in [0.29, 0.717) is 6.54 Å². The first-order valence-corrected chi connectivity index (χ1v) is 8.93. The highest BCUT2D eigenvalue weighted by Gasteiger charge is 2.14. The van der Waals surface area contributed by atoms with Gasteiger partial charge in [-0.2, -0.15) is 0 Å². The Labute approximate surface area is 163 Å². The maximum atomic E-state index is 11.6. The number of aromatic nitrogens is 2. The number of alkyl carbamates (subject to hydrolysis) is 1. The van der Waals surface area contributed by atoms with Gasteiger partial charge in [-0.3, -0.25) is 4.98 Å². The fourth-order valence-corrected chi connectivity index (χ4v) is 2.13. The summed E-state index contributed by atoms with van der Waals surface area (Å²) in [5.74, 6) is -0.328. The number of carbonyl (C=O) groups excluding carboxylic acids is 2. The second kappa shape index (κ2) is 12.1. The molecule has 2 heterocycles. The molecule has 0 fully saturated rings. The molecular weight excluding hydrogens is 362 g/mol. The van der Waals surface area contributed by atoms with E-state index in [-0.39, 0.29) is 24.7 Å². The first-order valence-electron chi connectivity index (χ1n) is 8.93. The molecular formula is C20H23N3O5. The number of ether oxygens (including phenoxy) is 2. The van der Waals surface area contributed by atoms with Crippen LogP contribution < -0.4 is 5.32 Å². The average molecular weight is 385 g/mol. The lowest BCUT2D eigenvalue weighted by atomic mass is 10.1. The SMILES string of the molecule is CCOC(=O)c1cc(COC(=O)NC/C=C/C=C/CCc2cccnc2)on1. The predicted octanol–water partition coefficient (Wildman–Crippen LogP) is 3.22. The summed E-state index contributed by atoms with van der Waals surface area (Å²) in [5, 5.41) is 6.14. The number of rotatable bonds is 10. The van der Waals surface area contributed by atoms with Gasteiger partial charge in [-0.1, -0.05) is 35.5 Å². The largest absolute Gasteiger partial charge is 0.461 e. The number of nitrogens with zero attached hydrogens (tertiary/aromatic N) is 2. The van der Waals surface area contributed by atoms with Crippen LogP contribution >= 0.6 is 0 Å². The van der Waals surface area contributed by atoms with E-state index < -0.39 is 12.1 Å². The summed E-state index contributed by atoms with van der Waals surface area (Å²) in [7, 11) is 0. The first-order chi connectivity index (χ1) is 13.7. The molecule has 28 heavy (non-hydrogen) atoms. The Hall–Kier alpha value is -3.42. The molecule has 2 rings (SSSR count). The standard InChI is InChI=1S/C20H23N3O5/c1-2-26-19(24)18-13-17(28-23-18)15-27-20(25)22-12-7-5-3-4-6-9-16-10-8-11-21-14-16/h3-5,7-8,10-11,13-14H,2,6,9,12,15H2,1H3,(H,22,25)/b4-3+,7-5+. The maximum absolute atomic E-state index is 11.6. The molecule has 1 amide bonds. The van der Waals surface area contributed by atoms with Crippen molar-refractivity contribution in [1.29, 1.82) is 0 Å². The van der Waals surface area contributed by atoms with Gasteiger partial charge in [0.25, 0.3) is 0 Å². The number of hydrogen-bond acceptors (Lipinski definition) is 7. The van der Waals surface area contributed by atoms with Crippen molar-refractivity contribution in [2.45, 2.75) is 26.4 Å². The van der Waals surface area contributed by atoms with Crippen LogP contribution in [0.25, 0.3) is 0 Å². The normalized spacial score (nSPS) is 11.0. The molecule has 2 aromatic rings. The van der Waals surface area contributed by atoms with Gasteiger partial charge in [-0.15, -0.1) is 0 Å². The minimum atomic E-state index is -0.598. The molecule has 0 saturated heterocycles. The van der Waals surface area contributed by atoms with Gasteiger partial charge < -0.3 is 19.3 Å². The highest BCUT2D eigenvalue weighted by molar-refractivity contribution is 5.87. The van der Waals surface area contributed by atoms with Gasteiger partial charge in [0.1, 0.15) is 0 Å². The molecule has 0 bridgehead atoms. The van der Waals surface area contributed by atoms with E-state index in [1.54, 1.807) is 19.2 Å². The fourth-order valence-electron chi connectivity index (χ4n) is 2.13. The Morgan fingerprint density at radius 2 is 2.11 bits per heavy atom. The molecule has 0 radical (unpaired) electrons. The van der Waals surface area contributed by atoms with E-state index in [9.17, 15) is 9.59 Å². The lowest BCUT2D eigenvalue weighted by Crippen LogP contribution is -2.24. The number of pyridine rings is 1. The zero-order valence-corrected chi connectivity index (χ0v) is 15.7. The van der Waals surface area contributed by atoms with Crippen LogP contribution in [0, 0.1) is 0 Å². The molecule has 0 aliphatic rings. The highest BCUT2D eigenvalue weighted by atomic mass is 16.6. The number of nitrogens with one attached hydrogen (secondary N) is 1. The zero-order valence-electron chi connectivity index (χ0n) is 15.7. The second-order valence-corrected chi connectivity index (χ2v) is 5.61. The van der Waals surface area contributed by atoms with Crippen LogP contribution in [0.4, 0.5) is 4.79 Å². The number of esters is 1. The van der Waals surface area contributed by atoms with E-state index in [0.717, 1.165) is 12.8 Å². The monoisotopic (exact) mass is 385 g/mol. The van der Waals surface area contributed by atoms with E-state index in [4.69, 9.17) is 14.0 Å². The Morgan fingerprint density at radius 1 is 1.25 bits per heavy atom. The number of hydrogen-bond donors (Lipinski definition) is 1. The van der Waals surface area contributed by atoms with Crippen LogP contribution in [0.1, 0.15) is 35.2 Å². The van der Waals surface area contributed by atoms with Crippen LogP contribution in [0.3, 0.4) is 0 Å². The number of allylic oxidation sites excluding steroid dienone is 3. The van der Waals surface area contributed by atoms with E-state index in [2.05, 4.69) is 15.5 Å². The number of carbonyl (C=O) groups is 2. The third-order valence-electron chi connectivity index (χ3n) is 3.46. The van der Waals surface area contributed by atoms with E-state index in [1.165, 1.54) is 11.6 Å². The van der Waals surface area contributed by atoms with Crippen molar-refractivity contribution in [1.82, 2.24) is 15.5 Å². The Morgan fingerprint density at radius 3 is 2.89 bits per heavy atom. The minimum absolute atomic E-state index is 0.0408. The molecule has 0 aliphatic carbocycles. The van der Waals surface area contributed by atoms with Crippen LogP contribution in [-0.2, 0) is 22.5 Å². The molecule has 0 aliphatic heterocycles. The van der Waals surface area contributed by atoms with Crippen molar-refractivity contribution in [2.24, 2.45) is 0 Å². The molecule has 8 heteroatoms. The first kappa shape index (κ1) is 20.9. The minimum Gasteiger partial charge on any atom is -0.461 e. The van der Waals surface area contributed by atoms with Crippen molar-refractivity contribution in [3.8, 4) is 0 Å². The zero-order chi connectivity index (χ0) is 20.0. The summed E-state index contributed by atoms with van der Waals surface area (Å²) >= 11 is 0. The van der Waals surface area contributed by atoms with Crippen molar-refractivity contribution in [2.75, 3.05) is 13.2 Å². The van der Waals surface area contributed by atoms with Gasteiger partial charge in [-0.05, 0) is 31.4 Å². The smallest absolute Gasteiger partial charge is 0.407 e. The topological polar surface area (TPSA) is 104 Å². The predicted molar refractivity (Wildman–Crippen MR) is 101 cm³/mol. The number of aryl methyl sites for hydroxylation is 1. The lowest BCUT2D eigenvalue weighted by Gasteiger charge is -2.02. The molecule has 2 aromatic heterocycles. The van der Waals surface area contributed by atoms with E-state index in [1.807, 2.05) is 36.6 Å². The summed E-state index contributed by atoms with van der Waals surface area (Å²) in [5.41, 5.74) is 1.24. The summed E-state index contributed by atoms with van der Waals surface area (Å²) < 4.78 is 14.7. The van der Waals surface area contributed by atoms with Gasteiger partial charge in [0.15, 0.2) is 18.1 Å². The molecule has 1 N–H and O–H groups in total. The van der Waals surface area contributed by atoms with Crippen LogP contribution in [0.15, 0.2) is 59.4 Å². The summed E-state index contributed by atoms with van der Waals surface area (Å²) in [6.07, 6.45) is 12.5. The summed E-state index contributed by atoms with van der Waals surface area (Å²) in [6, 6.07) is 5.34. The third-order valence-corrected chi connectivity index (χ3v) is 3.46. The average Bonchev–Trinajstić information content (AvgIpc) is 3.18. The van der Waals surface area contributed by atoms with Crippen LogP contribution in [0.5, 0.6) is 0 Å². The molecule has 0 saturated carbocycles. The fraction of sp³-hybridized carbons (Fsp3) is 0.300. The number of amides is 1. The molecule has 0 unspecified atom stereocenters. The quantitative estimate of drug-likeness (QED) is 0.495. The van der Waals surface area contributed by atoms with Crippen molar-refractivity contribution in [3.05, 3.63) is 71.9 Å². The van der Waals surface area contributed by atoms with Crippen molar-refractivity contribution in [3.63, 3.8) is 0 Å². The summed E-state index contributed by atoms with van der Waals surface area (Å²) in [6.45, 7) is 2.14. The molecule has 8 nitrogen and oxygen atoms in total. The summed E-state index contributed by atoms with van der Waals surface area (Å²) in [4.78, 5) is 27.1. The highest BCUT2D eigenvalue weighted by Crippen LogP contribution is 2.06.